The largest absolute Gasteiger partial charge is 0.478 e. The molecule has 4 rings (SSSR count). The number of ether oxygens (including phenoxy) is 2. The monoisotopic (exact) mass is 428 g/mol. The Morgan fingerprint density at radius 3 is 2.52 bits per heavy atom. The number of carboxylic acids is 1. The molecule has 2 heterocycles. The van der Waals surface area contributed by atoms with Crippen molar-refractivity contribution in [1.82, 2.24) is 10.2 Å². The number of halogens is 2. The molecule has 29 heavy (non-hydrogen) atoms. The summed E-state index contributed by atoms with van der Waals surface area (Å²) in [6.45, 7) is 1.85. The molecule has 8 heteroatoms. The van der Waals surface area contributed by atoms with Crippen molar-refractivity contribution < 1.29 is 19.4 Å². The maximum atomic E-state index is 11.1. The lowest BCUT2D eigenvalue weighted by Gasteiger charge is -2.18. The predicted octanol–water partition coefficient (Wildman–Crippen LogP) is 5.73. The summed E-state index contributed by atoms with van der Waals surface area (Å²) >= 11 is 12.4. The van der Waals surface area contributed by atoms with Crippen LogP contribution in [0.25, 0.3) is 22.8 Å². The van der Waals surface area contributed by atoms with Crippen molar-refractivity contribution in [3.8, 4) is 11.3 Å². The molecule has 0 radical (unpaired) electrons. The highest BCUT2D eigenvalue weighted by Gasteiger charge is 2.23. The predicted molar refractivity (Wildman–Crippen MR) is 110 cm³/mol. The van der Waals surface area contributed by atoms with Crippen molar-refractivity contribution in [1.29, 1.82) is 0 Å². The first-order valence-corrected chi connectivity index (χ1v) is 9.28. The number of carbonyl (C=O) groups is 1. The first-order valence-electron chi connectivity index (χ1n) is 8.53. The van der Waals surface area contributed by atoms with Gasteiger partial charge in [-0.05, 0) is 31.2 Å². The number of aromatic nitrogens is 2. The number of benzene rings is 2. The Balaban J connectivity index is 1.69. The van der Waals surface area contributed by atoms with E-state index in [1.807, 2.05) is 6.92 Å². The second-order valence-electron chi connectivity index (χ2n) is 6.26. The lowest BCUT2D eigenvalue weighted by atomic mass is 10.0. The summed E-state index contributed by atoms with van der Waals surface area (Å²) in [5.41, 5.74) is 3.58. The number of nitrogens with zero attached hydrogens (tertiary/aromatic N) is 1. The number of hydrogen-bond donors (Lipinski definition) is 2. The molecule has 0 amide bonds. The number of H-pyrrole nitrogens is 1. The van der Waals surface area contributed by atoms with Gasteiger partial charge in [0.25, 0.3) is 0 Å². The number of aromatic carboxylic acids is 1. The molecular formula is C21H14Cl2N2O4. The minimum absolute atomic E-state index is 0.194. The maximum Gasteiger partial charge on any atom is 0.335 e. The van der Waals surface area contributed by atoms with Crippen molar-refractivity contribution in [3.63, 3.8) is 0 Å². The summed E-state index contributed by atoms with van der Waals surface area (Å²) in [5, 5.41) is 17.1. The zero-order chi connectivity index (χ0) is 20.5. The highest BCUT2D eigenvalue weighted by Crippen LogP contribution is 2.38. The van der Waals surface area contributed by atoms with Crippen LogP contribution in [0.3, 0.4) is 0 Å². The molecule has 3 aromatic rings. The van der Waals surface area contributed by atoms with Gasteiger partial charge in [-0.25, -0.2) is 4.79 Å². The van der Waals surface area contributed by atoms with E-state index < -0.39 is 5.97 Å². The van der Waals surface area contributed by atoms with Gasteiger partial charge in [-0.1, -0.05) is 41.4 Å². The van der Waals surface area contributed by atoms with E-state index in [0.29, 0.717) is 38.4 Å². The number of carboxylic acid groups (broad SMARTS) is 1. The molecule has 146 valence electrons. The van der Waals surface area contributed by atoms with Gasteiger partial charge in [0.1, 0.15) is 18.2 Å². The number of aromatic amines is 1. The second kappa shape index (κ2) is 7.66. The third kappa shape index (κ3) is 3.60. The normalized spacial score (nSPS) is 13.2. The van der Waals surface area contributed by atoms with Gasteiger partial charge >= 0.3 is 5.97 Å². The van der Waals surface area contributed by atoms with Crippen LogP contribution in [0.5, 0.6) is 0 Å². The summed E-state index contributed by atoms with van der Waals surface area (Å²) in [4.78, 5) is 11.1. The number of hydrogen-bond acceptors (Lipinski definition) is 4. The van der Waals surface area contributed by atoms with Crippen LogP contribution in [0, 0.1) is 6.92 Å². The Morgan fingerprint density at radius 1 is 1.07 bits per heavy atom. The second-order valence-corrected chi connectivity index (χ2v) is 7.04. The smallest absolute Gasteiger partial charge is 0.335 e. The van der Waals surface area contributed by atoms with E-state index in [9.17, 15) is 4.79 Å². The number of rotatable bonds is 4. The van der Waals surface area contributed by atoms with Gasteiger partial charge in [0.05, 0.1) is 21.2 Å². The van der Waals surface area contributed by atoms with Crippen molar-refractivity contribution in [2.24, 2.45) is 0 Å². The average Bonchev–Trinajstić information content (AvgIpc) is 3.11. The summed E-state index contributed by atoms with van der Waals surface area (Å²) in [7, 11) is 0. The first-order chi connectivity index (χ1) is 14.0. The van der Waals surface area contributed by atoms with Crippen molar-refractivity contribution in [2.75, 3.05) is 0 Å². The Kier molecular flexibility index (Phi) is 5.05. The van der Waals surface area contributed by atoms with Gasteiger partial charge in [-0.3, -0.25) is 5.10 Å². The van der Waals surface area contributed by atoms with Crippen LogP contribution in [0.15, 0.2) is 55.0 Å². The van der Waals surface area contributed by atoms with Crippen LogP contribution in [0.4, 0.5) is 0 Å². The topological polar surface area (TPSA) is 84.4 Å². The molecule has 1 aromatic heterocycles. The fourth-order valence-corrected chi connectivity index (χ4v) is 3.35. The zero-order valence-corrected chi connectivity index (χ0v) is 16.6. The third-order valence-electron chi connectivity index (χ3n) is 4.39. The molecule has 0 saturated carbocycles. The Morgan fingerprint density at radius 2 is 1.79 bits per heavy atom. The lowest BCUT2D eigenvalue weighted by Crippen LogP contribution is -2.02. The number of nitrogens with one attached hydrogen (secondary N) is 1. The molecule has 0 saturated heterocycles. The molecule has 1 aliphatic heterocycles. The lowest BCUT2D eigenvalue weighted by molar-refractivity contribution is 0.0697. The average molecular weight is 429 g/mol. The Hall–Kier alpha value is -3.22. The van der Waals surface area contributed by atoms with Crippen LogP contribution in [-0.4, -0.2) is 21.3 Å². The van der Waals surface area contributed by atoms with Gasteiger partial charge in [0.15, 0.2) is 11.5 Å². The molecule has 0 unspecified atom stereocenters. The SMILES string of the molecule is Cc1[nH]nc(-c2ccc(C(=O)O)cc2)c1C1=COC=C(c2cccc(Cl)c2Cl)O1. The number of aryl methyl sites for hydroxylation is 1. The summed E-state index contributed by atoms with van der Waals surface area (Å²) in [6, 6.07) is 11.7. The van der Waals surface area contributed by atoms with Crippen molar-refractivity contribution >= 4 is 40.7 Å². The first kappa shape index (κ1) is 19.1. The van der Waals surface area contributed by atoms with E-state index in [0.717, 1.165) is 11.3 Å². The quantitative estimate of drug-likeness (QED) is 0.553. The molecule has 0 aliphatic carbocycles. The Bertz CT molecular complexity index is 1160. The van der Waals surface area contributed by atoms with E-state index in [4.69, 9.17) is 37.8 Å². The highest BCUT2D eigenvalue weighted by molar-refractivity contribution is 6.43. The third-order valence-corrected chi connectivity index (χ3v) is 5.20. The van der Waals surface area contributed by atoms with E-state index in [-0.39, 0.29) is 5.56 Å². The molecule has 6 nitrogen and oxygen atoms in total. The fraction of sp³-hybridized carbons (Fsp3) is 0.0476. The van der Waals surface area contributed by atoms with Gasteiger partial charge in [-0.2, -0.15) is 5.10 Å². The van der Waals surface area contributed by atoms with Crippen molar-refractivity contribution in [2.45, 2.75) is 6.92 Å². The maximum absolute atomic E-state index is 11.1. The highest BCUT2D eigenvalue weighted by atomic mass is 35.5. The van der Waals surface area contributed by atoms with Crippen LogP contribution in [0.2, 0.25) is 10.0 Å². The summed E-state index contributed by atoms with van der Waals surface area (Å²) in [6.07, 6.45) is 2.91. The van der Waals surface area contributed by atoms with Gasteiger partial charge in [0.2, 0.25) is 0 Å². The van der Waals surface area contributed by atoms with E-state index in [1.165, 1.54) is 24.7 Å². The minimum Gasteiger partial charge on any atom is -0.478 e. The standard InChI is InChI=1S/C21H14Cl2N2O4/c1-11-18(20(25-24-11)12-5-7-13(8-6-12)21(26)27)17-10-28-9-16(29-17)14-3-2-4-15(22)19(14)23/h2-10H,1H3,(H,24,25)(H,26,27). The van der Waals surface area contributed by atoms with Crippen LogP contribution in [0.1, 0.15) is 27.2 Å². The molecule has 2 N–H and O–H groups in total. The molecule has 0 bridgehead atoms. The fourth-order valence-electron chi connectivity index (χ4n) is 2.96. The molecule has 0 atom stereocenters. The van der Waals surface area contributed by atoms with E-state index >= 15 is 0 Å². The van der Waals surface area contributed by atoms with Crippen LogP contribution < -0.4 is 0 Å². The van der Waals surface area contributed by atoms with Crippen LogP contribution >= 0.6 is 23.2 Å². The van der Waals surface area contributed by atoms with Gasteiger partial charge in [0, 0.05) is 16.8 Å². The zero-order valence-electron chi connectivity index (χ0n) is 15.1. The molecule has 0 fully saturated rings. The van der Waals surface area contributed by atoms with Crippen molar-refractivity contribution in [3.05, 3.63) is 87.4 Å². The van der Waals surface area contributed by atoms with E-state index in [2.05, 4.69) is 10.2 Å². The van der Waals surface area contributed by atoms with Gasteiger partial charge < -0.3 is 14.6 Å². The Labute approximate surface area is 176 Å². The van der Waals surface area contributed by atoms with Crippen LogP contribution in [-0.2, 0) is 9.47 Å². The van der Waals surface area contributed by atoms with E-state index in [1.54, 1.807) is 30.3 Å². The summed E-state index contributed by atoms with van der Waals surface area (Å²) in [5.74, 6) is -0.153. The summed E-state index contributed by atoms with van der Waals surface area (Å²) < 4.78 is 11.6. The molecule has 0 spiro atoms. The minimum atomic E-state index is -0.991. The molecular weight excluding hydrogens is 415 g/mol. The van der Waals surface area contributed by atoms with Gasteiger partial charge in [-0.15, -0.1) is 0 Å². The molecule has 1 aliphatic rings. The molecule has 2 aromatic carbocycles.